The van der Waals surface area contributed by atoms with Gasteiger partial charge in [-0.05, 0) is 74.7 Å². The van der Waals surface area contributed by atoms with E-state index in [4.69, 9.17) is 14.2 Å². The van der Waals surface area contributed by atoms with E-state index < -0.39 is 35.5 Å². The van der Waals surface area contributed by atoms with Crippen LogP contribution < -0.4 is 0 Å². The topological polar surface area (TPSA) is 113 Å². The van der Waals surface area contributed by atoms with E-state index in [2.05, 4.69) is 6.92 Å². The Hall–Kier alpha value is -2.51. The fourth-order valence-electron chi connectivity index (χ4n) is 8.10. The summed E-state index contributed by atoms with van der Waals surface area (Å²) >= 11 is 0. The minimum absolute atomic E-state index is 0.0201. The molecule has 4 fully saturated rings. The van der Waals surface area contributed by atoms with Gasteiger partial charge in [-0.2, -0.15) is 0 Å². The predicted molar refractivity (Wildman–Crippen MR) is 131 cm³/mol. The number of hydrogen-bond acceptors (Lipinski definition) is 8. The van der Waals surface area contributed by atoms with E-state index in [1.165, 1.54) is 0 Å². The van der Waals surface area contributed by atoms with Gasteiger partial charge in [-0.3, -0.25) is 19.2 Å². The number of rotatable bonds is 7. The van der Waals surface area contributed by atoms with E-state index >= 15 is 0 Å². The number of hydrogen-bond donors (Lipinski definition) is 0. The van der Waals surface area contributed by atoms with E-state index in [0.29, 0.717) is 25.7 Å². The molecule has 5 aliphatic carbocycles. The molecule has 0 aliphatic heterocycles. The molecular weight excluding hydrogens is 476 g/mol. The maximum absolute atomic E-state index is 14.0. The fraction of sp³-hybridized carbons (Fsp3) is 0.759. The van der Waals surface area contributed by atoms with E-state index in [1.54, 1.807) is 6.08 Å². The summed E-state index contributed by atoms with van der Waals surface area (Å²) < 4.78 is 16.5. The molecule has 0 unspecified atom stereocenters. The maximum atomic E-state index is 14.0. The molecule has 0 radical (unpaired) electrons. The lowest BCUT2D eigenvalue weighted by molar-refractivity contribution is -0.177. The summed E-state index contributed by atoms with van der Waals surface area (Å²) in [7, 11) is 0. The Labute approximate surface area is 217 Å². The minimum Gasteiger partial charge on any atom is -0.457 e. The molecule has 6 atom stereocenters. The summed E-state index contributed by atoms with van der Waals surface area (Å²) in [4.78, 5) is 64.9. The van der Waals surface area contributed by atoms with Crippen LogP contribution in [0, 0.1) is 34.5 Å². The molecule has 202 valence electrons. The molecule has 0 saturated heterocycles. The van der Waals surface area contributed by atoms with Crippen LogP contribution in [0.15, 0.2) is 11.6 Å². The molecule has 5 rings (SSSR count). The molecule has 37 heavy (non-hydrogen) atoms. The molecular formula is C29H38O8. The summed E-state index contributed by atoms with van der Waals surface area (Å²) in [6, 6.07) is 0. The largest absolute Gasteiger partial charge is 0.509 e. The molecule has 0 heterocycles. The van der Waals surface area contributed by atoms with Crippen molar-refractivity contribution in [2.45, 2.75) is 90.6 Å². The van der Waals surface area contributed by atoms with Gasteiger partial charge in [0.15, 0.2) is 18.0 Å². The Morgan fingerprint density at radius 2 is 1.76 bits per heavy atom. The average Bonchev–Trinajstić information content (AvgIpc) is 3.66. The molecule has 5 aliphatic rings. The second kappa shape index (κ2) is 9.35. The summed E-state index contributed by atoms with van der Waals surface area (Å²) in [6.07, 6.45) is 6.56. The molecule has 8 nitrogen and oxygen atoms in total. The highest BCUT2D eigenvalue weighted by Gasteiger charge is 2.71. The predicted octanol–water partition coefficient (Wildman–Crippen LogP) is 4.52. The summed E-state index contributed by atoms with van der Waals surface area (Å²) in [5.74, 6) is -1.05. The van der Waals surface area contributed by atoms with Crippen LogP contribution in [0.3, 0.4) is 0 Å². The van der Waals surface area contributed by atoms with E-state index in [0.717, 1.165) is 31.3 Å². The molecule has 4 saturated carbocycles. The Morgan fingerprint density at radius 1 is 1.00 bits per heavy atom. The van der Waals surface area contributed by atoms with E-state index in [9.17, 15) is 24.0 Å². The lowest BCUT2D eigenvalue weighted by Gasteiger charge is -2.57. The number of Topliss-reactive ketones (excluding diaryl/α,β-unsaturated/α-hetero) is 2. The monoisotopic (exact) mass is 514 g/mol. The van der Waals surface area contributed by atoms with E-state index in [1.807, 2.05) is 13.8 Å². The molecule has 0 amide bonds. The molecule has 0 spiro atoms. The second-order valence-corrected chi connectivity index (χ2v) is 12.3. The summed E-state index contributed by atoms with van der Waals surface area (Å²) in [5, 5.41) is 0. The molecule has 0 aromatic heterocycles. The zero-order valence-corrected chi connectivity index (χ0v) is 22.1. The van der Waals surface area contributed by atoms with Gasteiger partial charge in [0.2, 0.25) is 5.78 Å². The number of carbonyl (C=O) groups excluding carboxylic acids is 5. The first-order chi connectivity index (χ1) is 17.6. The SMILES string of the molecule is CCCOC(=O)O[C@]1(C(=O)COC(=O)C2CC2)CC[C@H]2[C@@H]3CCC4=CC(=O)CC[C@]4(C)[C@H]3C(=O)C[C@@]21C. The maximum Gasteiger partial charge on any atom is 0.509 e. The van der Waals surface area contributed by atoms with Gasteiger partial charge in [0.25, 0.3) is 0 Å². The van der Waals surface area contributed by atoms with Gasteiger partial charge in [0.1, 0.15) is 5.78 Å². The first kappa shape index (κ1) is 26.1. The third kappa shape index (κ3) is 4.15. The molecule has 0 bridgehead atoms. The Morgan fingerprint density at radius 3 is 2.46 bits per heavy atom. The van der Waals surface area contributed by atoms with Crippen LogP contribution in [0.25, 0.3) is 0 Å². The smallest absolute Gasteiger partial charge is 0.457 e. The van der Waals surface area contributed by atoms with Crippen LogP contribution in [0.4, 0.5) is 4.79 Å². The molecule has 0 aromatic rings. The third-order valence-electron chi connectivity index (χ3n) is 10.2. The number of ketones is 3. The van der Waals surface area contributed by atoms with Gasteiger partial charge in [-0.1, -0.05) is 26.3 Å². The van der Waals surface area contributed by atoms with Crippen LogP contribution in [0.2, 0.25) is 0 Å². The second-order valence-electron chi connectivity index (χ2n) is 12.3. The van der Waals surface area contributed by atoms with Crippen molar-refractivity contribution in [3.63, 3.8) is 0 Å². The zero-order chi connectivity index (χ0) is 26.6. The van der Waals surface area contributed by atoms with Gasteiger partial charge in [0, 0.05) is 24.2 Å². The van der Waals surface area contributed by atoms with Crippen molar-refractivity contribution in [3.8, 4) is 0 Å². The first-order valence-electron chi connectivity index (χ1n) is 13.9. The van der Waals surface area contributed by atoms with Crippen molar-refractivity contribution in [2.24, 2.45) is 34.5 Å². The first-order valence-corrected chi connectivity index (χ1v) is 13.9. The number of allylic oxidation sites excluding steroid dienone is 1. The normalized spacial score (nSPS) is 38.6. The quantitative estimate of drug-likeness (QED) is 0.456. The van der Waals surface area contributed by atoms with Gasteiger partial charge in [-0.15, -0.1) is 0 Å². The summed E-state index contributed by atoms with van der Waals surface area (Å²) in [6.45, 7) is 5.56. The highest BCUT2D eigenvalue weighted by atomic mass is 16.7. The van der Waals surface area contributed by atoms with Crippen LogP contribution in [-0.2, 0) is 33.4 Å². The molecule has 0 aromatic carbocycles. The van der Waals surface area contributed by atoms with Gasteiger partial charge in [0.05, 0.1) is 12.5 Å². The number of ether oxygens (including phenoxy) is 3. The standard InChI is InChI=1S/C29H38O8/c1-4-13-35-26(34)37-29(23(32)16-36-25(33)17-5-6-17)12-10-21-20-8-7-18-14-19(30)9-11-27(18,2)24(20)22(31)15-28(21,29)3/h14,17,20-21,24H,4-13,15-16H2,1-3H3/t20-,21-,24+,27-,28-,29-/m0/s1. The van der Waals surface area contributed by atoms with Gasteiger partial charge >= 0.3 is 12.1 Å². The lowest BCUT2D eigenvalue weighted by atomic mass is 9.46. The lowest BCUT2D eigenvalue weighted by Crippen LogP contribution is -2.62. The van der Waals surface area contributed by atoms with Crippen LogP contribution >= 0.6 is 0 Å². The van der Waals surface area contributed by atoms with Crippen molar-refractivity contribution in [1.29, 1.82) is 0 Å². The van der Waals surface area contributed by atoms with Crippen LogP contribution in [0.5, 0.6) is 0 Å². The summed E-state index contributed by atoms with van der Waals surface area (Å²) in [5.41, 5.74) is -1.80. The number of esters is 1. The van der Waals surface area contributed by atoms with Crippen LogP contribution in [-0.4, -0.2) is 48.3 Å². The van der Waals surface area contributed by atoms with Crippen LogP contribution in [0.1, 0.15) is 85.0 Å². The highest BCUT2D eigenvalue weighted by molar-refractivity contribution is 5.96. The van der Waals surface area contributed by atoms with Crippen molar-refractivity contribution < 1.29 is 38.2 Å². The Balaban J connectivity index is 1.46. The Kier molecular flexibility index (Phi) is 6.60. The van der Waals surface area contributed by atoms with Crippen molar-refractivity contribution in [2.75, 3.05) is 13.2 Å². The Bertz CT molecular complexity index is 1060. The minimum atomic E-state index is -1.59. The molecule has 0 N–H and O–H groups in total. The third-order valence-corrected chi connectivity index (χ3v) is 10.2. The van der Waals surface area contributed by atoms with Gasteiger partial charge < -0.3 is 14.2 Å². The fourth-order valence-corrected chi connectivity index (χ4v) is 8.10. The van der Waals surface area contributed by atoms with Crippen molar-refractivity contribution in [3.05, 3.63) is 11.6 Å². The number of carbonyl (C=O) groups is 5. The number of fused-ring (bicyclic) bond motifs is 5. The van der Waals surface area contributed by atoms with Gasteiger partial charge in [-0.25, -0.2) is 4.79 Å². The average molecular weight is 515 g/mol. The highest BCUT2D eigenvalue weighted by Crippen LogP contribution is 2.67. The van der Waals surface area contributed by atoms with Crippen molar-refractivity contribution in [1.82, 2.24) is 0 Å². The van der Waals surface area contributed by atoms with E-state index in [-0.39, 0.29) is 60.1 Å². The van der Waals surface area contributed by atoms with Crippen molar-refractivity contribution >= 4 is 29.5 Å². The molecule has 8 heteroatoms. The zero-order valence-electron chi connectivity index (χ0n) is 22.1.